The maximum absolute atomic E-state index is 4.72. The highest BCUT2D eigenvalue weighted by Crippen LogP contribution is 2.30. The van der Waals surface area contributed by atoms with E-state index in [1.54, 1.807) is 12.4 Å². The van der Waals surface area contributed by atoms with Crippen molar-refractivity contribution in [1.82, 2.24) is 29.9 Å². The molecule has 0 radical (unpaired) electrons. The fourth-order valence-corrected chi connectivity index (χ4v) is 4.06. The van der Waals surface area contributed by atoms with Crippen LogP contribution < -0.4 is 5.32 Å². The number of fused-ring (bicyclic) bond motifs is 2. The van der Waals surface area contributed by atoms with Gasteiger partial charge >= 0.3 is 0 Å². The molecule has 0 amide bonds. The molecule has 0 aliphatic rings. The summed E-state index contributed by atoms with van der Waals surface area (Å²) in [7, 11) is 0. The van der Waals surface area contributed by atoms with E-state index < -0.39 is 0 Å². The van der Waals surface area contributed by atoms with Crippen molar-refractivity contribution in [2.45, 2.75) is 10.1 Å². The van der Waals surface area contributed by atoms with Gasteiger partial charge in [0.05, 0.1) is 5.52 Å². The topological polar surface area (TPSA) is 89.4 Å². The van der Waals surface area contributed by atoms with E-state index in [2.05, 4.69) is 30.2 Å². The molecule has 0 saturated carbocycles. The Balaban J connectivity index is 1.52. The average Bonchev–Trinajstić information content (AvgIpc) is 3.12. The zero-order valence-electron chi connectivity index (χ0n) is 13.8. The van der Waals surface area contributed by atoms with E-state index in [4.69, 9.17) is 4.98 Å². The monoisotopic (exact) mass is 389 g/mol. The zero-order valence-corrected chi connectivity index (χ0v) is 15.4. The molecule has 0 aliphatic heterocycles. The van der Waals surface area contributed by atoms with Gasteiger partial charge in [0.25, 0.3) is 0 Å². The first-order valence-electron chi connectivity index (χ1n) is 8.04. The first-order chi connectivity index (χ1) is 13.3. The molecule has 0 fully saturated rings. The van der Waals surface area contributed by atoms with E-state index in [1.807, 2.05) is 42.5 Å². The van der Waals surface area contributed by atoms with Crippen molar-refractivity contribution in [3.63, 3.8) is 0 Å². The zero-order chi connectivity index (χ0) is 18.1. The van der Waals surface area contributed by atoms with Crippen LogP contribution >= 0.6 is 23.1 Å². The fourth-order valence-electron chi connectivity index (χ4n) is 2.51. The molecule has 0 aromatic carbocycles. The van der Waals surface area contributed by atoms with Crippen molar-refractivity contribution in [3.8, 4) is 0 Å². The third-order valence-electron chi connectivity index (χ3n) is 3.69. The Hall–Kier alpha value is -3.17. The van der Waals surface area contributed by atoms with Crippen molar-refractivity contribution in [2.75, 3.05) is 5.32 Å². The van der Waals surface area contributed by atoms with Crippen molar-refractivity contribution < 1.29 is 0 Å². The maximum atomic E-state index is 4.72. The van der Waals surface area contributed by atoms with Gasteiger partial charge in [-0.15, -0.1) is 0 Å². The molecular formula is C18H11N7S2. The van der Waals surface area contributed by atoms with E-state index in [0.29, 0.717) is 16.5 Å². The molecule has 5 aromatic heterocycles. The van der Waals surface area contributed by atoms with Crippen molar-refractivity contribution in [3.05, 3.63) is 61.2 Å². The summed E-state index contributed by atoms with van der Waals surface area (Å²) in [5, 5.41) is 5.68. The molecule has 9 heteroatoms. The van der Waals surface area contributed by atoms with Crippen LogP contribution in [0.5, 0.6) is 0 Å². The molecule has 0 bridgehead atoms. The lowest BCUT2D eigenvalue weighted by Gasteiger charge is -2.06. The van der Waals surface area contributed by atoms with Gasteiger partial charge < -0.3 is 5.32 Å². The normalized spacial score (nSPS) is 11.1. The molecule has 0 unspecified atom stereocenters. The number of pyridine rings is 3. The van der Waals surface area contributed by atoms with Crippen LogP contribution in [0.3, 0.4) is 0 Å². The van der Waals surface area contributed by atoms with Crippen LogP contribution in [0.15, 0.2) is 71.2 Å². The minimum Gasteiger partial charge on any atom is -0.314 e. The van der Waals surface area contributed by atoms with E-state index in [0.717, 1.165) is 25.9 Å². The quantitative estimate of drug-likeness (QED) is 0.486. The second kappa shape index (κ2) is 6.86. The van der Waals surface area contributed by atoms with Gasteiger partial charge in [-0.05, 0) is 36.4 Å². The number of thiazole rings is 1. The number of aromatic nitrogens is 6. The van der Waals surface area contributed by atoms with Crippen molar-refractivity contribution in [1.29, 1.82) is 0 Å². The van der Waals surface area contributed by atoms with Crippen LogP contribution in [0.4, 0.5) is 10.9 Å². The predicted molar refractivity (Wildman–Crippen MR) is 106 cm³/mol. The van der Waals surface area contributed by atoms with Gasteiger partial charge in [0.15, 0.2) is 10.9 Å². The predicted octanol–water partition coefficient (Wildman–Crippen LogP) is 4.32. The Labute approximate surface area is 162 Å². The highest BCUT2D eigenvalue weighted by molar-refractivity contribution is 7.99. The average molecular weight is 389 g/mol. The molecular weight excluding hydrogens is 378 g/mol. The molecule has 5 heterocycles. The molecule has 0 aliphatic carbocycles. The molecule has 130 valence electrons. The summed E-state index contributed by atoms with van der Waals surface area (Å²) in [6.07, 6.45) is 5.04. The van der Waals surface area contributed by atoms with Gasteiger partial charge in [0, 0.05) is 12.4 Å². The summed E-state index contributed by atoms with van der Waals surface area (Å²) in [6, 6.07) is 13.5. The molecule has 0 atom stereocenters. The minimum absolute atomic E-state index is 0.613. The lowest BCUT2D eigenvalue weighted by molar-refractivity contribution is 1.10. The molecule has 5 rings (SSSR count). The standard InChI is InChI=1S/C18H11N7S2/c1-2-8-19-13(5-1)26-14-7-6-11-15(24-14)16(22-10-21-11)25-18-23-12-4-3-9-20-17(12)27-18/h1-10H,(H,21,22,23,25). The number of nitrogens with zero attached hydrogens (tertiary/aromatic N) is 6. The summed E-state index contributed by atoms with van der Waals surface area (Å²) in [5.41, 5.74) is 2.30. The Morgan fingerprint density at radius 3 is 2.63 bits per heavy atom. The third kappa shape index (κ3) is 3.29. The summed E-state index contributed by atoms with van der Waals surface area (Å²) in [6.45, 7) is 0. The highest BCUT2D eigenvalue weighted by atomic mass is 32.2. The summed E-state index contributed by atoms with van der Waals surface area (Å²) >= 11 is 2.96. The maximum Gasteiger partial charge on any atom is 0.191 e. The lowest BCUT2D eigenvalue weighted by Crippen LogP contribution is -1.97. The van der Waals surface area contributed by atoms with Crippen LogP contribution in [0, 0.1) is 0 Å². The molecule has 0 saturated heterocycles. The lowest BCUT2D eigenvalue weighted by atomic mass is 10.3. The first kappa shape index (κ1) is 16.0. The fraction of sp³-hybridized carbons (Fsp3) is 0. The van der Waals surface area contributed by atoms with Gasteiger partial charge in [0.2, 0.25) is 0 Å². The van der Waals surface area contributed by atoms with Gasteiger partial charge in [-0.1, -0.05) is 29.2 Å². The van der Waals surface area contributed by atoms with Gasteiger partial charge in [-0.3, -0.25) is 0 Å². The van der Waals surface area contributed by atoms with E-state index in [1.165, 1.54) is 29.4 Å². The third-order valence-corrected chi connectivity index (χ3v) is 5.48. The van der Waals surface area contributed by atoms with Gasteiger partial charge in [0.1, 0.15) is 32.2 Å². The van der Waals surface area contributed by atoms with Crippen LogP contribution in [0.1, 0.15) is 0 Å². The van der Waals surface area contributed by atoms with Crippen molar-refractivity contribution >= 4 is 55.4 Å². The number of anilines is 2. The second-order valence-electron chi connectivity index (χ2n) is 5.48. The largest absolute Gasteiger partial charge is 0.314 e. The van der Waals surface area contributed by atoms with Crippen LogP contribution in [-0.4, -0.2) is 29.9 Å². The highest BCUT2D eigenvalue weighted by Gasteiger charge is 2.11. The summed E-state index contributed by atoms with van der Waals surface area (Å²) in [5.74, 6) is 0.613. The van der Waals surface area contributed by atoms with Gasteiger partial charge in [-0.25, -0.2) is 29.9 Å². The Morgan fingerprint density at radius 1 is 0.778 bits per heavy atom. The molecule has 27 heavy (non-hydrogen) atoms. The van der Waals surface area contributed by atoms with Crippen LogP contribution in [0.2, 0.25) is 0 Å². The van der Waals surface area contributed by atoms with E-state index in [-0.39, 0.29) is 0 Å². The number of hydrogen-bond acceptors (Lipinski definition) is 9. The number of rotatable bonds is 4. The number of hydrogen-bond donors (Lipinski definition) is 1. The number of nitrogens with one attached hydrogen (secondary N) is 1. The van der Waals surface area contributed by atoms with Crippen LogP contribution in [0.25, 0.3) is 21.4 Å². The molecule has 1 N–H and O–H groups in total. The second-order valence-corrected chi connectivity index (χ2v) is 7.50. The molecule has 7 nitrogen and oxygen atoms in total. The Morgan fingerprint density at radius 2 is 1.74 bits per heavy atom. The summed E-state index contributed by atoms with van der Waals surface area (Å²) < 4.78 is 0. The SMILES string of the molecule is c1ccc(Sc2ccc3ncnc(Nc4nc5cccnc5s4)c3n2)nc1. The smallest absolute Gasteiger partial charge is 0.191 e. The summed E-state index contributed by atoms with van der Waals surface area (Å²) in [4.78, 5) is 27.5. The minimum atomic E-state index is 0.613. The molecule has 0 spiro atoms. The molecule has 5 aromatic rings. The van der Waals surface area contributed by atoms with Crippen molar-refractivity contribution in [2.24, 2.45) is 0 Å². The Kier molecular flexibility index (Phi) is 4.07. The van der Waals surface area contributed by atoms with Crippen LogP contribution in [-0.2, 0) is 0 Å². The van der Waals surface area contributed by atoms with Gasteiger partial charge in [-0.2, -0.15) is 0 Å². The first-order valence-corrected chi connectivity index (χ1v) is 9.68. The van der Waals surface area contributed by atoms with E-state index >= 15 is 0 Å². The van der Waals surface area contributed by atoms with E-state index in [9.17, 15) is 0 Å². The Bertz CT molecular complexity index is 1210.